The lowest BCUT2D eigenvalue weighted by molar-refractivity contribution is -0.301. The van der Waals surface area contributed by atoms with E-state index in [9.17, 15) is 39.5 Å². The number of aryl methyl sites for hydroxylation is 1. The van der Waals surface area contributed by atoms with Gasteiger partial charge in [-0.1, -0.05) is 17.7 Å². The zero-order chi connectivity index (χ0) is 23.6. The Morgan fingerprint density at radius 3 is 1.68 bits per heavy atom. The Morgan fingerprint density at radius 2 is 1.23 bits per heavy atom. The Balaban J connectivity index is 2.43. The van der Waals surface area contributed by atoms with Crippen LogP contribution in [0.1, 0.15) is 12.5 Å². The number of nitrogens with one attached hydrogen (secondary N) is 1. The molecule has 1 aromatic carbocycles. The third-order valence-electron chi connectivity index (χ3n) is 3.46. The van der Waals surface area contributed by atoms with Gasteiger partial charge in [-0.2, -0.15) is 49.5 Å². The highest BCUT2D eigenvalue weighted by atomic mass is 19.4. The van der Waals surface area contributed by atoms with Crippen molar-refractivity contribution >= 4 is 11.6 Å². The SMILES string of the molecule is Cc1ccc(Nc2nc(OC(C)C(F)(F)F)nc(OC(C(F)(F)F)C(F)(F)F)n2)cc1. The molecule has 0 amide bonds. The summed E-state index contributed by atoms with van der Waals surface area (Å²) in [6.07, 6.45) is -23.6. The number of hydrogen-bond donors (Lipinski definition) is 1. The summed E-state index contributed by atoms with van der Waals surface area (Å²) in [7, 11) is 0. The van der Waals surface area contributed by atoms with E-state index in [0.717, 1.165) is 5.56 Å². The molecule has 0 saturated carbocycles. The first-order chi connectivity index (χ1) is 14.1. The number of rotatable bonds is 6. The first-order valence-corrected chi connectivity index (χ1v) is 8.19. The average Bonchev–Trinajstić information content (AvgIpc) is 2.59. The highest BCUT2D eigenvalue weighted by Crippen LogP contribution is 2.36. The fourth-order valence-corrected chi connectivity index (χ4v) is 1.91. The molecule has 1 aromatic heterocycles. The molecule has 15 heteroatoms. The van der Waals surface area contributed by atoms with Crippen molar-refractivity contribution in [3.05, 3.63) is 29.8 Å². The van der Waals surface area contributed by atoms with E-state index in [4.69, 9.17) is 0 Å². The molecule has 6 nitrogen and oxygen atoms in total. The van der Waals surface area contributed by atoms with Crippen molar-refractivity contribution in [1.82, 2.24) is 15.0 Å². The zero-order valence-electron chi connectivity index (χ0n) is 15.5. The second kappa shape index (κ2) is 8.63. The minimum Gasteiger partial charge on any atom is -0.451 e. The van der Waals surface area contributed by atoms with Crippen LogP contribution in [0, 0.1) is 6.92 Å². The summed E-state index contributed by atoms with van der Waals surface area (Å²) >= 11 is 0. The van der Waals surface area contributed by atoms with Crippen LogP contribution in [-0.2, 0) is 0 Å². The van der Waals surface area contributed by atoms with Gasteiger partial charge in [-0.05, 0) is 26.0 Å². The minimum atomic E-state index is -5.91. The summed E-state index contributed by atoms with van der Waals surface area (Å²) in [5, 5.41) is 2.41. The summed E-state index contributed by atoms with van der Waals surface area (Å²) < 4.78 is 123. The van der Waals surface area contributed by atoms with Crippen LogP contribution in [0.4, 0.5) is 51.1 Å². The molecule has 1 heterocycles. The molecule has 2 rings (SSSR count). The summed E-state index contributed by atoms with van der Waals surface area (Å²) in [4.78, 5) is 9.71. The number of anilines is 2. The van der Waals surface area contributed by atoms with E-state index >= 15 is 0 Å². The van der Waals surface area contributed by atoms with Gasteiger partial charge in [0.05, 0.1) is 0 Å². The topological polar surface area (TPSA) is 69.2 Å². The molecule has 1 atom stereocenters. The molecule has 1 unspecified atom stereocenters. The highest BCUT2D eigenvalue weighted by molar-refractivity contribution is 5.53. The maximum atomic E-state index is 12.7. The van der Waals surface area contributed by atoms with Crippen molar-refractivity contribution in [2.75, 3.05) is 5.32 Å². The van der Waals surface area contributed by atoms with Gasteiger partial charge in [-0.3, -0.25) is 0 Å². The Kier molecular flexibility index (Phi) is 6.75. The number of benzene rings is 1. The van der Waals surface area contributed by atoms with Gasteiger partial charge >= 0.3 is 30.5 Å². The van der Waals surface area contributed by atoms with Gasteiger partial charge in [0.25, 0.3) is 6.10 Å². The van der Waals surface area contributed by atoms with Crippen molar-refractivity contribution in [1.29, 1.82) is 0 Å². The third kappa shape index (κ3) is 7.03. The third-order valence-corrected chi connectivity index (χ3v) is 3.46. The number of alkyl halides is 9. The number of ether oxygens (including phenoxy) is 2. The van der Waals surface area contributed by atoms with Crippen molar-refractivity contribution < 1.29 is 49.0 Å². The van der Waals surface area contributed by atoms with Crippen LogP contribution in [0.3, 0.4) is 0 Å². The molecule has 0 aliphatic rings. The average molecular weight is 464 g/mol. The van der Waals surface area contributed by atoms with E-state index in [1.54, 1.807) is 19.1 Å². The lowest BCUT2D eigenvalue weighted by Crippen LogP contribution is -2.47. The van der Waals surface area contributed by atoms with Crippen molar-refractivity contribution in [3.8, 4) is 12.0 Å². The molecule has 2 aromatic rings. The molecule has 31 heavy (non-hydrogen) atoms. The Labute approximate surface area is 168 Å². The Bertz CT molecular complexity index is 869. The van der Waals surface area contributed by atoms with Crippen LogP contribution < -0.4 is 14.8 Å². The monoisotopic (exact) mass is 464 g/mol. The molecule has 0 radical (unpaired) electrons. The normalized spacial score (nSPS) is 13.8. The van der Waals surface area contributed by atoms with Crippen molar-refractivity contribution in [3.63, 3.8) is 0 Å². The number of nitrogens with zero attached hydrogens (tertiary/aromatic N) is 3. The lowest BCUT2D eigenvalue weighted by Gasteiger charge is -2.23. The van der Waals surface area contributed by atoms with E-state index in [2.05, 4.69) is 29.7 Å². The van der Waals surface area contributed by atoms with Gasteiger partial charge in [-0.15, -0.1) is 4.98 Å². The van der Waals surface area contributed by atoms with E-state index in [-0.39, 0.29) is 5.69 Å². The molecule has 0 fully saturated rings. The predicted molar refractivity (Wildman–Crippen MR) is 87.0 cm³/mol. The maximum absolute atomic E-state index is 12.7. The quantitative estimate of drug-likeness (QED) is 0.599. The first kappa shape index (κ1) is 24.3. The van der Waals surface area contributed by atoms with Gasteiger partial charge in [0.15, 0.2) is 6.10 Å². The molecule has 0 saturated heterocycles. The highest BCUT2D eigenvalue weighted by Gasteiger charge is 2.59. The molecule has 0 bridgehead atoms. The fraction of sp³-hybridized carbons (Fsp3) is 0.438. The van der Waals surface area contributed by atoms with Crippen LogP contribution in [0.15, 0.2) is 24.3 Å². The van der Waals surface area contributed by atoms with Crippen LogP contribution in [0.5, 0.6) is 12.0 Å². The summed E-state index contributed by atoms with van der Waals surface area (Å²) in [5.74, 6) is -0.707. The Hall–Kier alpha value is -3.00. The minimum absolute atomic E-state index is 0.223. The largest absolute Gasteiger partial charge is 0.451 e. The van der Waals surface area contributed by atoms with E-state index in [0.29, 0.717) is 6.92 Å². The second-order valence-corrected chi connectivity index (χ2v) is 6.10. The van der Waals surface area contributed by atoms with Gasteiger partial charge in [0, 0.05) is 5.69 Å². The summed E-state index contributed by atoms with van der Waals surface area (Å²) in [5.41, 5.74) is 1.03. The van der Waals surface area contributed by atoms with Gasteiger partial charge in [0.2, 0.25) is 5.95 Å². The molecular weight excluding hydrogens is 451 g/mol. The van der Waals surface area contributed by atoms with Crippen molar-refractivity contribution in [2.24, 2.45) is 0 Å². The van der Waals surface area contributed by atoms with Gasteiger partial charge < -0.3 is 14.8 Å². The number of halogens is 9. The molecule has 0 aliphatic heterocycles. The van der Waals surface area contributed by atoms with E-state index in [1.807, 2.05) is 0 Å². The van der Waals surface area contributed by atoms with Crippen LogP contribution >= 0.6 is 0 Å². The van der Waals surface area contributed by atoms with Crippen LogP contribution in [0.2, 0.25) is 0 Å². The van der Waals surface area contributed by atoms with Crippen LogP contribution in [-0.4, -0.2) is 45.7 Å². The van der Waals surface area contributed by atoms with Crippen LogP contribution in [0.25, 0.3) is 0 Å². The van der Waals surface area contributed by atoms with Gasteiger partial charge in [-0.25, -0.2) is 0 Å². The smallest absolute Gasteiger partial charge is 0.434 e. The summed E-state index contributed by atoms with van der Waals surface area (Å²) in [6.45, 7) is 2.27. The molecular formula is C16H13F9N4O2. The Morgan fingerprint density at radius 1 is 0.742 bits per heavy atom. The second-order valence-electron chi connectivity index (χ2n) is 6.10. The standard InChI is InChI=1S/C16H13F9N4O2/c1-7-3-5-9(6-4-7)26-11-27-12(30-8(2)14(17,18)19)29-13(28-11)31-10(15(20,21)22)16(23,24)25/h3-6,8,10H,1-2H3,(H,26,27,28,29). The van der Waals surface area contributed by atoms with E-state index in [1.165, 1.54) is 12.1 Å². The first-order valence-electron chi connectivity index (χ1n) is 8.19. The maximum Gasteiger partial charge on any atom is 0.434 e. The van der Waals surface area contributed by atoms with Crippen molar-refractivity contribution in [2.45, 2.75) is 44.6 Å². The molecule has 0 aliphatic carbocycles. The number of hydrogen-bond acceptors (Lipinski definition) is 6. The molecule has 0 spiro atoms. The lowest BCUT2D eigenvalue weighted by atomic mass is 10.2. The fourth-order valence-electron chi connectivity index (χ4n) is 1.91. The van der Waals surface area contributed by atoms with E-state index < -0.39 is 48.7 Å². The van der Waals surface area contributed by atoms with Gasteiger partial charge in [0.1, 0.15) is 0 Å². The summed E-state index contributed by atoms with van der Waals surface area (Å²) in [6, 6.07) is 3.33. The zero-order valence-corrected chi connectivity index (χ0v) is 15.5. The number of aromatic nitrogens is 3. The molecule has 1 N–H and O–H groups in total. The predicted octanol–water partition coefficient (Wildman–Crippen LogP) is 5.13. The molecule has 172 valence electrons.